The lowest BCUT2D eigenvalue weighted by molar-refractivity contribution is 0.182. The molecule has 0 aliphatic heterocycles. The van der Waals surface area contributed by atoms with Crippen molar-refractivity contribution in [1.82, 2.24) is 5.32 Å². The van der Waals surface area contributed by atoms with Crippen LogP contribution in [0.25, 0.3) is 0 Å². The lowest BCUT2D eigenvalue weighted by atomic mass is 10.2. The molecule has 96 valence electrons. The standard InChI is InChI=1S/C14H22FNO/c1-5-12(9-16-10(2)3)17-13-8-6-7-11(4)14(13)15/h6-8,10,12,16H,5,9H2,1-4H3. The molecule has 0 radical (unpaired) electrons. The Morgan fingerprint density at radius 1 is 1.35 bits per heavy atom. The Kier molecular flexibility index (Phi) is 5.42. The number of hydrogen-bond donors (Lipinski definition) is 1. The molecule has 0 saturated heterocycles. The Bertz CT molecular complexity index is 352. The Balaban J connectivity index is 2.64. The molecule has 1 rings (SSSR count). The van der Waals surface area contributed by atoms with Crippen LogP contribution in [0.5, 0.6) is 5.75 Å². The van der Waals surface area contributed by atoms with Gasteiger partial charge in [-0.1, -0.05) is 32.9 Å². The molecule has 0 aliphatic rings. The third-order valence-corrected chi connectivity index (χ3v) is 2.66. The molecule has 1 N–H and O–H groups in total. The molecule has 0 aliphatic carbocycles. The van der Waals surface area contributed by atoms with Gasteiger partial charge < -0.3 is 10.1 Å². The van der Waals surface area contributed by atoms with Crippen LogP contribution in [0.15, 0.2) is 18.2 Å². The van der Waals surface area contributed by atoms with Crippen molar-refractivity contribution < 1.29 is 9.13 Å². The summed E-state index contributed by atoms with van der Waals surface area (Å²) in [7, 11) is 0. The smallest absolute Gasteiger partial charge is 0.167 e. The maximum Gasteiger partial charge on any atom is 0.167 e. The molecule has 1 aromatic rings. The SMILES string of the molecule is CCC(CNC(C)C)Oc1cccc(C)c1F. The zero-order valence-corrected chi connectivity index (χ0v) is 11.1. The van der Waals surface area contributed by atoms with E-state index in [0.717, 1.165) is 13.0 Å². The van der Waals surface area contributed by atoms with Gasteiger partial charge in [-0.05, 0) is 25.0 Å². The summed E-state index contributed by atoms with van der Waals surface area (Å²) < 4.78 is 19.4. The van der Waals surface area contributed by atoms with E-state index in [-0.39, 0.29) is 11.9 Å². The lowest BCUT2D eigenvalue weighted by Crippen LogP contribution is -2.35. The second-order valence-electron chi connectivity index (χ2n) is 4.60. The van der Waals surface area contributed by atoms with E-state index in [1.807, 2.05) is 13.0 Å². The molecule has 17 heavy (non-hydrogen) atoms. The number of nitrogens with one attached hydrogen (secondary N) is 1. The fraction of sp³-hybridized carbons (Fsp3) is 0.571. The zero-order valence-electron chi connectivity index (χ0n) is 11.1. The quantitative estimate of drug-likeness (QED) is 0.822. The van der Waals surface area contributed by atoms with Crippen LogP contribution in [0, 0.1) is 12.7 Å². The molecule has 1 aromatic carbocycles. The van der Waals surface area contributed by atoms with Crippen LogP contribution in [0.3, 0.4) is 0 Å². The summed E-state index contributed by atoms with van der Waals surface area (Å²) in [4.78, 5) is 0. The molecule has 0 bridgehead atoms. The van der Waals surface area contributed by atoms with E-state index in [9.17, 15) is 4.39 Å². The van der Waals surface area contributed by atoms with Gasteiger partial charge in [0, 0.05) is 12.6 Å². The fourth-order valence-corrected chi connectivity index (χ4v) is 1.53. The minimum absolute atomic E-state index is 0.00806. The van der Waals surface area contributed by atoms with E-state index in [1.165, 1.54) is 0 Å². The van der Waals surface area contributed by atoms with Crippen LogP contribution >= 0.6 is 0 Å². The average Bonchev–Trinajstić information content (AvgIpc) is 2.29. The highest BCUT2D eigenvalue weighted by molar-refractivity contribution is 5.30. The second kappa shape index (κ2) is 6.60. The van der Waals surface area contributed by atoms with E-state index in [2.05, 4.69) is 19.2 Å². The largest absolute Gasteiger partial charge is 0.486 e. The van der Waals surface area contributed by atoms with Crippen molar-refractivity contribution >= 4 is 0 Å². The van der Waals surface area contributed by atoms with Crippen molar-refractivity contribution in [2.75, 3.05) is 6.54 Å². The van der Waals surface area contributed by atoms with Crippen LogP contribution in [0.4, 0.5) is 4.39 Å². The van der Waals surface area contributed by atoms with Crippen LogP contribution in [0.2, 0.25) is 0 Å². The molecule has 0 heterocycles. The predicted octanol–water partition coefficient (Wildman–Crippen LogP) is 3.29. The van der Waals surface area contributed by atoms with E-state index in [0.29, 0.717) is 17.4 Å². The lowest BCUT2D eigenvalue weighted by Gasteiger charge is -2.20. The molecule has 1 unspecified atom stereocenters. The monoisotopic (exact) mass is 239 g/mol. The minimum Gasteiger partial charge on any atom is -0.486 e. The van der Waals surface area contributed by atoms with Crippen molar-refractivity contribution in [1.29, 1.82) is 0 Å². The van der Waals surface area contributed by atoms with E-state index in [1.54, 1.807) is 19.1 Å². The number of ether oxygens (including phenoxy) is 1. The van der Waals surface area contributed by atoms with Crippen LogP contribution in [-0.2, 0) is 0 Å². The Hall–Kier alpha value is -1.09. The molecule has 0 saturated carbocycles. The zero-order chi connectivity index (χ0) is 12.8. The molecule has 0 aromatic heterocycles. The minimum atomic E-state index is -0.254. The fourth-order valence-electron chi connectivity index (χ4n) is 1.53. The molecule has 1 atom stereocenters. The first-order valence-electron chi connectivity index (χ1n) is 6.19. The molecular formula is C14H22FNO. The summed E-state index contributed by atoms with van der Waals surface area (Å²) >= 11 is 0. The molecular weight excluding hydrogens is 217 g/mol. The van der Waals surface area contributed by atoms with Crippen molar-refractivity contribution in [2.45, 2.75) is 46.3 Å². The third kappa shape index (κ3) is 4.35. The summed E-state index contributed by atoms with van der Waals surface area (Å²) in [5.74, 6) is 0.0953. The summed E-state index contributed by atoms with van der Waals surface area (Å²) in [5.41, 5.74) is 0.620. The highest BCUT2D eigenvalue weighted by Gasteiger charge is 2.12. The Morgan fingerprint density at radius 2 is 2.06 bits per heavy atom. The highest BCUT2D eigenvalue weighted by Crippen LogP contribution is 2.21. The van der Waals surface area contributed by atoms with Gasteiger partial charge in [0.2, 0.25) is 0 Å². The van der Waals surface area contributed by atoms with Gasteiger partial charge in [-0.25, -0.2) is 4.39 Å². The number of hydrogen-bond acceptors (Lipinski definition) is 2. The molecule has 0 spiro atoms. The Morgan fingerprint density at radius 3 is 2.65 bits per heavy atom. The summed E-state index contributed by atoms with van der Waals surface area (Å²) in [5, 5.41) is 3.30. The van der Waals surface area contributed by atoms with Crippen molar-refractivity contribution in [2.24, 2.45) is 0 Å². The number of benzene rings is 1. The van der Waals surface area contributed by atoms with Gasteiger partial charge >= 0.3 is 0 Å². The first-order chi connectivity index (χ1) is 8.04. The molecule has 0 fully saturated rings. The highest BCUT2D eigenvalue weighted by atomic mass is 19.1. The van der Waals surface area contributed by atoms with Gasteiger partial charge in [0.05, 0.1) is 0 Å². The van der Waals surface area contributed by atoms with Gasteiger partial charge in [-0.3, -0.25) is 0 Å². The van der Waals surface area contributed by atoms with Crippen molar-refractivity contribution in [3.05, 3.63) is 29.6 Å². The van der Waals surface area contributed by atoms with E-state index in [4.69, 9.17) is 4.74 Å². The van der Waals surface area contributed by atoms with Gasteiger partial charge in [0.15, 0.2) is 11.6 Å². The summed E-state index contributed by atoms with van der Waals surface area (Å²) in [6, 6.07) is 5.65. The second-order valence-corrected chi connectivity index (χ2v) is 4.60. The first kappa shape index (κ1) is 14.0. The van der Waals surface area contributed by atoms with Crippen molar-refractivity contribution in [3.8, 4) is 5.75 Å². The van der Waals surface area contributed by atoms with Crippen molar-refractivity contribution in [3.63, 3.8) is 0 Å². The predicted molar refractivity (Wildman–Crippen MR) is 69.0 cm³/mol. The Labute approximate surface area is 103 Å². The van der Waals surface area contributed by atoms with Gasteiger partial charge in [0.25, 0.3) is 0 Å². The normalized spacial score (nSPS) is 12.8. The number of rotatable bonds is 6. The van der Waals surface area contributed by atoms with E-state index < -0.39 is 0 Å². The topological polar surface area (TPSA) is 21.3 Å². The molecule has 2 nitrogen and oxygen atoms in total. The molecule has 3 heteroatoms. The number of halogens is 1. The van der Waals surface area contributed by atoms with Gasteiger partial charge in [-0.2, -0.15) is 0 Å². The van der Waals surface area contributed by atoms with Crippen LogP contribution in [0.1, 0.15) is 32.8 Å². The summed E-state index contributed by atoms with van der Waals surface area (Å²) in [6.45, 7) is 8.69. The number of aryl methyl sites for hydroxylation is 1. The van der Waals surface area contributed by atoms with Gasteiger partial charge in [0.1, 0.15) is 6.10 Å². The molecule has 0 amide bonds. The van der Waals surface area contributed by atoms with Crippen LogP contribution in [-0.4, -0.2) is 18.7 Å². The first-order valence-corrected chi connectivity index (χ1v) is 6.19. The van der Waals surface area contributed by atoms with Crippen LogP contribution < -0.4 is 10.1 Å². The maximum atomic E-state index is 13.8. The average molecular weight is 239 g/mol. The maximum absolute atomic E-state index is 13.8. The third-order valence-electron chi connectivity index (χ3n) is 2.66. The van der Waals surface area contributed by atoms with E-state index >= 15 is 0 Å². The summed E-state index contributed by atoms with van der Waals surface area (Å²) in [6.07, 6.45) is 0.862. The van der Waals surface area contributed by atoms with Gasteiger partial charge in [-0.15, -0.1) is 0 Å².